The Morgan fingerprint density at radius 2 is 1.79 bits per heavy atom. The van der Waals surface area contributed by atoms with Crippen molar-refractivity contribution in [2.75, 3.05) is 17.1 Å². The highest BCUT2D eigenvalue weighted by molar-refractivity contribution is 7.92. The summed E-state index contributed by atoms with van der Waals surface area (Å²) in [6.07, 6.45) is 0.998. The molecule has 6 heteroatoms. The van der Waals surface area contributed by atoms with Crippen molar-refractivity contribution in [1.29, 1.82) is 0 Å². The molecule has 19 heavy (non-hydrogen) atoms. The Kier molecular flexibility index (Phi) is 3.44. The third-order valence-electron chi connectivity index (χ3n) is 2.71. The molecule has 0 fully saturated rings. The van der Waals surface area contributed by atoms with Gasteiger partial charge in [0.05, 0.1) is 11.9 Å². The average Bonchev–Trinajstić information content (AvgIpc) is 2.34. The number of hydrogen-bond donors (Lipinski definition) is 1. The number of carbonyl (C=O) groups is 1. The zero-order valence-corrected chi connectivity index (χ0v) is 11.1. The summed E-state index contributed by atoms with van der Waals surface area (Å²) in [7, 11) is -3.65. The molecule has 0 atom stereocenters. The highest BCUT2D eigenvalue weighted by atomic mass is 32.2. The third-order valence-corrected chi connectivity index (χ3v) is 3.84. The summed E-state index contributed by atoms with van der Waals surface area (Å²) < 4.78 is 24.4. The molecular weight excluding hydrogens is 266 g/mol. The number of fused-ring (bicyclic) bond motifs is 1. The predicted molar refractivity (Wildman–Crippen MR) is 73.8 cm³/mol. The summed E-state index contributed by atoms with van der Waals surface area (Å²) in [5.41, 5.74) is 0.378. The smallest absolute Gasteiger partial charge is 0.324 e. The number of carboxylic acid groups (broad SMARTS) is 1. The molecule has 5 nitrogen and oxygen atoms in total. The summed E-state index contributed by atoms with van der Waals surface area (Å²) in [6, 6.07) is 12.4. The average molecular weight is 279 g/mol. The maximum atomic E-state index is 11.8. The van der Waals surface area contributed by atoms with Gasteiger partial charge < -0.3 is 5.11 Å². The van der Waals surface area contributed by atoms with Crippen molar-refractivity contribution >= 4 is 32.5 Å². The van der Waals surface area contributed by atoms with Crippen LogP contribution in [-0.4, -0.2) is 32.3 Å². The molecule has 0 aliphatic heterocycles. The molecule has 0 radical (unpaired) electrons. The quantitative estimate of drug-likeness (QED) is 0.924. The van der Waals surface area contributed by atoms with Gasteiger partial charge >= 0.3 is 5.97 Å². The number of sulfonamides is 1. The number of benzene rings is 2. The molecule has 100 valence electrons. The highest BCUT2D eigenvalue weighted by Gasteiger charge is 2.21. The summed E-state index contributed by atoms with van der Waals surface area (Å²) in [4.78, 5) is 10.9. The van der Waals surface area contributed by atoms with Crippen molar-refractivity contribution in [3.8, 4) is 0 Å². The Labute approximate surface area is 111 Å². The topological polar surface area (TPSA) is 74.7 Å². The van der Waals surface area contributed by atoms with E-state index in [0.717, 1.165) is 15.9 Å². The van der Waals surface area contributed by atoms with E-state index in [1.807, 2.05) is 18.2 Å². The summed E-state index contributed by atoms with van der Waals surface area (Å²) in [5, 5.41) is 10.4. The van der Waals surface area contributed by atoms with Crippen molar-refractivity contribution in [3.05, 3.63) is 42.5 Å². The lowest BCUT2D eigenvalue weighted by Crippen LogP contribution is -2.34. The first-order valence-electron chi connectivity index (χ1n) is 5.57. The Bertz CT molecular complexity index is 719. The van der Waals surface area contributed by atoms with E-state index >= 15 is 0 Å². The van der Waals surface area contributed by atoms with Crippen LogP contribution in [0.3, 0.4) is 0 Å². The van der Waals surface area contributed by atoms with E-state index in [2.05, 4.69) is 0 Å². The fourth-order valence-electron chi connectivity index (χ4n) is 1.93. The monoisotopic (exact) mass is 279 g/mol. The molecule has 0 bridgehead atoms. The molecule has 1 N–H and O–H groups in total. The molecule has 0 amide bonds. The van der Waals surface area contributed by atoms with E-state index in [0.29, 0.717) is 11.1 Å². The second-order valence-electron chi connectivity index (χ2n) is 4.16. The van der Waals surface area contributed by atoms with Gasteiger partial charge in [0.15, 0.2) is 0 Å². The number of aliphatic carboxylic acids is 1. The SMILES string of the molecule is CS(=O)(=O)N(CC(=O)O)c1cccc2ccccc12. The van der Waals surface area contributed by atoms with Gasteiger partial charge in [-0.1, -0.05) is 36.4 Å². The second-order valence-corrected chi connectivity index (χ2v) is 6.07. The van der Waals surface area contributed by atoms with Gasteiger partial charge in [0.1, 0.15) is 6.54 Å². The van der Waals surface area contributed by atoms with Crippen LogP contribution < -0.4 is 4.31 Å². The van der Waals surface area contributed by atoms with Gasteiger partial charge in [-0.2, -0.15) is 0 Å². The van der Waals surface area contributed by atoms with Crippen molar-refractivity contribution in [2.45, 2.75) is 0 Å². The lowest BCUT2D eigenvalue weighted by atomic mass is 10.1. The van der Waals surface area contributed by atoms with Gasteiger partial charge in [-0.25, -0.2) is 8.42 Å². The number of nitrogens with zero attached hydrogens (tertiary/aromatic N) is 1. The Balaban J connectivity index is 2.66. The van der Waals surface area contributed by atoms with Crippen molar-refractivity contribution in [1.82, 2.24) is 0 Å². The van der Waals surface area contributed by atoms with Crippen LogP contribution in [0.4, 0.5) is 5.69 Å². The fourth-order valence-corrected chi connectivity index (χ4v) is 2.79. The summed E-state index contributed by atoms with van der Waals surface area (Å²) in [5.74, 6) is -1.20. The number of carboxylic acids is 1. The molecule has 2 aromatic carbocycles. The number of anilines is 1. The van der Waals surface area contributed by atoms with Gasteiger partial charge in [-0.15, -0.1) is 0 Å². The molecule has 0 saturated carbocycles. The maximum Gasteiger partial charge on any atom is 0.324 e. The van der Waals surface area contributed by atoms with E-state index in [-0.39, 0.29) is 0 Å². The highest BCUT2D eigenvalue weighted by Crippen LogP contribution is 2.28. The second kappa shape index (κ2) is 4.89. The minimum Gasteiger partial charge on any atom is -0.480 e. The first-order valence-corrected chi connectivity index (χ1v) is 7.41. The Morgan fingerprint density at radius 3 is 2.42 bits per heavy atom. The molecule has 0 aromatic heterocycles. The molecule has 0 unspecified atom stereocenters. The fraction of sp³-hybridized carbons (Fsp3) is 0.154. The molecule has 0 spiro atoms. The van der Waals surface area contributed by atoms with E-state index < -0.39 is 22.5 Å². The lowest BCUT2D eigenvalue weighted by Gasteiger charge is -2.21. The van der Waals surface area contributed by atoms with Crippen LogP contribution in [0, 0.1) is 0 Å². The predicted octanol–water partition coefficient (Wildman–Crippen LogP) is 1.69. The summed E-state index contributed by atoms with van der Waals surface area (Å²) >= 11 is 0. The standard InChI is InChI=1S/C13H13NO4S/c1-19(17,18)14(9-13(15)16)12-8-4-6-10-5-2-3-7-11(10)12/h2-8H,9H2,1H3,(H,15,16). The first-order chi connectivity index (χ1) is 8.89. The minimum atomic E-state index is -3.65. The normalized spacial score (nSPS) is 11.4. The van der Waals surface area contributed by atoms with Gasteiger partial charge in [0, 0.05) is 5.39 Å². The van der Waals surface area contributed by atoms with E-state index in [9.17, 15) is 13.2 Å². The molecule has 0 aliphatic carbocycles. The van der Waals surface area contributed by atoms with Crippen LogP contribution in [0.1, 0.15) is 0 Å². The van der Waals surface area contributed by atoms with Crippen molar-refractivity contribution < 1.29 is 18.3 Å². The third kappa shape index (κ3) is 2.85. The number of hydrogen-bond acceptors (Lipinski definition) is 3. The van der Waals surface area contributed by atoms with Crippen LogP contribution in [0.15, 0.2) is 42.5 Å². The molecule has 0 saturated heterocycles. The van der Waals surface area contributed by atoms with E-state index in [4.69, 9.17) is 5.11 Å². The lowest BCUT2D eigenvalue weighted by molar-refractivity contribution is -0.135. The molecule has 2 aromatic rings. The van der Waals surface area contributed by atoms with Crippen molar-refractivity contribution in [3.63, 3.8) is 0 Å². The molecule has 0 heterocycles. The van der Waals surface area contributed by atoms with Crippen molar-refractivity contribution in [2.24, 2.45) is 0 Å². The van der Waals surface area contributed by atoms with Crippen LogP contribution >= 0.6 is 0 Å². The first kappa shape index (κ1) is 13.4. The van der Waals surface area contributed by atoms with Gasteiger partial charge in [0.2, 0.25) is 10.0 Å². The Hall–Kier alpha value is -2.08. The van der Waals surface area contributed by atoms with Crippen LogP contribution in [0.25, 0.3) is 10.8 Å². The number of rotatable bonds is 4. The van der Waals surface area contributed by atoms with Crippen LogP contribution in [0.5, 0.6) is 0 Å². The molecular formula is C13H13NO4S. The van der Waals surface area contributed by atoms with Crippen LogP contribution in [-0.2, 0) is 14.8 Å². The van der Waals surface area contributed by atoms with Gasteiger partial charge in [0.25, 0.3) is 0 Å². The summed E-state index contributed by atoms with van der Waals surface area (Å²) in [6.45, 7) is -0.590. The zero-order chi connectivity index (χ0) is 14.0. The molecule has 2 rings (SSSR count). The zero-order valence-electron chi connectivity index (χ0n) is 10.3. The van der Waals surface area contributed by atoms with Gasteiger partial charge in [-0.3, -0.25) is 9.10 Å². The van der Waals surface area contributed by atoms with E-state index in [1.165, 1.54) is 0 Å². The molecule has 0 aliphatic rings. The van der Waals surface area contributed by atoms with Gasteiger partial charge in [-0.05, 0) is 11.5 Å². The van der Waals surface area contributed by atoms with Crippen LogP contribution in [0.2, 0.25) is 0 Å². The Morgan fingerprint density at radius 1 is 1.16 bits per heavy atom. The minimum absolute atomic E-state index is 0.378. The largest absolute Gasteiger partial charge is 0.480 e. The maximum absolute atomic E-state index is 11.8. The van der Waals surface area contributed by atoms with E-state index in [1.54, 1.807) is 24.3 Å².